The van der Waals surface area contributed by atoms with Crippen LogP contribution in [0.4, 0.5) is 0 Å². The largest absolute Gasteiger partial charge is 0.352 e. The van der Waals surface area contributed by atoms with Crippen LogP contribution in [-0.4, -0.2) is 5.91 Å². The average molecular weight is 257 g/mol. The van der Waals surface area contributed by atoms with Crippen LogP contribution in [0.3, 0.4) is 0 Å². The number of amides is 1. The van der Waals surface area contributed by atoms with Gasteiger partial charge in [-0.15, -0.1) is 0 Å². The number of carbonyl (C=O) groups excluding carboxylic acids is 1. The summed E-state index contributed by atoms with van der Waals surface area (Å²) in [6.07, 6.45) is 7.21. The smallest absolute Gasteiger partial charge is 0.220 e. The predicted molar refractivity (Wildman–Crippen MR) is 79.0 cm³/mol. The van der Waals surface area contributed by atoms with E-state index < -0.39 is 0 Å². The molecule has 1 atom stereocenters. The number of benzene rings is 1. The lowest BCUT2D eigenvalue weighted by Crippen LogP contribution is -2.25. The molecule has 1 aliphatic rings. The van der Waals surface area contributed by atoms with Gasteiger partial charge in [0.2, 0.25) is 5.91 Å². The van der Waals surface area contributed by atoms with Crippen LogP contribution >= 0.6 is 0 Å². The van der Waals surface area contributed by atoms with E-state index in [2.05, 4.69) is 50.4 Å². The molecule has 19 heavy (non-hydrogen) atoms. The van der Waals surface area contributed by atoms with Crippen molar-refractivity contribution in [1.29, 1.82) is 0 Å². The minimum atomic E-state index is 0.163. The van der Waals surface area contributed by atoms with Crippen LogP contribution in [0.1, 0.15) is 41.5 Å². The van der Waals surface area contributed by atoms with E-state index in [4.69, 9.17) is 0 Å². The Morgan fingerprint density at radius 3 is 2.53 bits per heavy atom. The number of hydrogen-bond donors (Lipinski definition) is 1. The maximum atomic E-state index is 11.9. The molecule has 0 radical (unpaired) electrons. The summed E-state index contributed by atoms with van der Waals surface area (Å²) < 4.78 is 0. The Bertz CT molecular complexity index is 479. The molecule has 1 aromatic carbocycles. The number of aryl methyl sites for hydroxylation is 3. The molecule has 2 nitrogen and oxygen atoms in total. The second-order valence-corrected chi connectivity index (χ2v) is 5.62. The molecule has 0 aromatic heterocycles. The molecule has 0 saturated carbocycles. The van der Waals surface area contributed by atoms with E-state index >= 15 is 0 Å². The summed E-state index contributed by atoms with van der Waals surface area (Å²) in [6.45, 7) is 6.98. The van der Waals surface area contributed by atoms with Crippen LogP contribution in [0, 0.1) is 26.7 Å². The van der Waals surface area contributed by atoms with E-state index in [1.807, 2.05) is 0 Å². The Balaban J connectivity index is 1.91. The van der Waals surface area contributed by atoms with Gasteiger partial charge in [-0.25, -0.2) is 0 Å². The zero-order valence-corrected chi connectivity index (χ0v) is 12.1. The van der Waals surface area contributed by atoms with Gasteiger partial charge in [0.05, 0.1) is 0 Å². The molecule has 0 aliphatic heterocycles. The lowest BCUT2D eigenvalue weighted by Gasteiger charge is -2.13. The molecule has 0 bridgehead atoms. The van der Waals surface area contributed by atoms with Gasteiger partial charge in [0.15, 0.2) is 0 Å². The van der Waals surface area contributed by atoms with Crippen LogP contribution in [0.25, 0.3) is 0 Å². The Morgan fingerprint density at radius 1 is 1.26 bits per heavy atom. The molecule has 1 aliphatic carbocycles. The highest BCUT2D eigenvalue weighted by atomic mass is 16.1. The van der Waals surface area contributed by atoms with Crippen molar-refractivity contribution in [2.75, 3.05) is 0 Å². The average Bonchev–Trinajstić information content (AvgIpc) is 2.80. The first kappa shape index (κ1) is 13.9. The number of hydrogen-bond acceptors (Lipinski definition) is 1. The number of rotatable bonds is 4. The minimum absolute atomic E-state index is 0.163. The third-order valence-electron chi connectivity index (χ3n) is 3.86. The van der Waals surface area contributed by atoms with Gasteiger partial charge in [-0.05, 0) is 56.2 Å². The maximum Gasteiger partial charge on any atom is 0.220 e. The van der Waals surface area contributed by atoms with Crippen molar-refractivity contribution in [1.82, 2.24) is 5.32 Å². The van der Waals surface area contributed by atoms with Gasteiger partial charge in [0.1, 0.15) is 0 Å². The summed E-state index contributed by atoms with van der Waals surface area (Å²) >= 11 is 0. The van der Waals surface area contributed by atoms with Crippen molar-refractivity contribution >= 4 is 5.91 Å². The standard InChI is InChI=1S/C17H23NO/c1-12-8-13(2)16(14(3)9-12)11-18-17(19)10-15-6-4-5-7-15/h4,6,8-9,15H,5,7,10-11H2,1-3H3,(H,18,19). The van der Waals surface area contributed by atoms with Gasteiger partial charge in [0.25, 0.3) is 0 Å². The molecule has 0 heterocycles. The molecular formula is C17H23NO. The molecule has 0 spiro atoms. The summed E-state index contributed by atoms with van der Waals surface area (Å²) in [5.74, 6) is 0.608. The SMILES string of the molecule is Cc1cc(C)c(CNC(=O)CC2C=CCC2)c(C)c1. The third kappa shape index (κ3) is 3.69. The van der Waals surface area contributed by atoms with Crippen molar-refractivity contribution in [3.63, 3.8) is 0 Å². The van der Waals surface area contributed by atoms with Crippen LogP contribution in [0.2, 0.25) is 0 Å². The van der Waals surface area contributed by atoms with E-state index in [1.54, 1.807) is 0 Å². The second kappa shape index (κ2) is 6.05. The minimum Gasteiger partial charge on any atom is -0.352 e. The Kier molecular flexibility index (Phi) is 4.41. The quantitative estimate of drug-likeness (QED) is 0.821. The molecule has 2 heteroatoms. The lowest BCUT2D eigenvalue weighted by atomic mass is 9.99. The summed E-state index contributed by atoms with van der Waals surface area (Å²) in [6, 6.07) is 4.35. The summed E-state index contributed by atoms with van der Waals surface area (Å²) in [7, 11) is 0. The first-order chi connectivity index (χ1) is 9.06. The van der Waals surface area contributed by atoms with Crippen LogP contribution < -0.4 is 5.32 Å². The Labute approximate surface area is 115 Å². The van der Waals surface area contributed by atoms with Crippen LogP contribution in [-0.2, 0) is 11.3 Å². The number of allylic oxidation sites excluding steroid dienone is 2. The van der Waals surface area contributed by atoms with E-state index in [1.165, 1.54) is 22.3 Å². The Hall–Kier alpha value is -1.57. The van der Waals surface area contributed by atoms with Crippen molar-refractivity contribution < 1.29 is 4.79 Å². The summed E-state index contributed by atoms with van der Waals surface area (Å²) in [5.41, 5.74) is 5.05. The normalized spacial score (nSPS) is 17.7. The van der Waals surface area contributed by atoms with Crippen molar-refractivity contribution in [2.45, 2.75) is 46.6 Å². The van der Waals surface area contributed by atoms with E-state index in [-0.39, 0.29) is 5.91 Å². The van der Waals surface area contributed by atoms with Gasteiger partial charge in [-0.3, -0.25) is 4.79 Å². The van der Waals surface area contributed by atoms with Gasteiger partial charge in [-0.2, -0.15) is 0 Å². The van der Waals surface area contributed by atoms with Crippen LogP contribution in [0.5, 0.6) is 0 Å². The van der Waals surface area contributed by atoms with E-state index in [0.717, 1.165) is 12.8 Å². The van der Waals surface area contributed by atoms with Gasteiger partial charge < -0.3 is 5.32 Å². The number of nitrogens with one attached hydrogen (secondary N) is 1. The summed E-state index contributed by atoms with van der Waals surface area (Å²) in [4.78, 5) is 11.9. The molecule has 1 unspecified atom stereocenters. The fourth-order valence-electron chi connectivity index (χ4n) is 2.85. The first-order valence-corrected chi connectivity index (χ1v) is 7.06. The third-order valence-corrected chi connectivity index (χ3v) is 3.86. The molecule has 1 aromatic rings. The second-order valence-electron chi connectivity index (χ2n) is 5.62. The van der Waals surface area contributed by atoms with Crippen molar-refractivity contribution in [3.05, 3.63) is 46.5 Å². The fourth-order valence-corrected chi connectivity index (χ4v) is 2.85. The van der Waals surface area contributed by atoms with Crippen molar-refractivity contribution in [2.24, 2.45) is 5.92 Å². The van der Waals surface area contributed by atoms with Gasteiger partial charge in [-0.1, -0.05) is 29.8 Å². The zero-order chi connectivity index (χ0) is 13.8. The molecule has 0 saturated heterocycles. The molecule has 2 rings (SSSR count). The monoisotopic (exact) mass is 257 g/mol. The van der Waals surface area contributed by atoms with Gasteiger partial charge >= 0.3 is 0 Å². The topological polar surface area (TPSA) is 29.1 Å². The molecule has 0 fully saturated rings. The highest BCUT2D eigenvalue weighted by molar-refractivity contribution is 5.76. The van der Waals surface area contributed by atoms with Crippen molar-refractivity contribution in [3.8, 4) is 0 Å². The maximum absolute atomic E-state index is 11.9. The molecule has 1 amide bonds. The van der Waals surface area contributed by atoms with E-state index in [9.17, 15) is 4.79 Å². The highest BCUT2D eigenvalue weighted by Crippen LogP contribution is 2.20. The van der Waals surface area contributed by atoms with Gasteiger partial charge in [0, 0.05) is 13.0 Å². The molecule has 102 valence electrons. The zero-order valence-electron chi connectivity index (χ0n) is 12.1. The number of carbonyl (C=O) groups is 1. The first-order valence-electron chi connectivity index (χ1n) is 7.06. The summed E-state index contributed by atoms with van der Waals surface area (Å²) in [5, 5.41) is 3.05. The Morgan fingerprint density at radius 2 is 1.95 bits per heavy atom. The predicted octanol–water partition coefficient (Wildman–Crippen LogP) is 3.58. The highest BCUT2D eigenvalue weighted by Gasteiger charge is 2.14. The lowest BCUT2D eigenvalue weighted by molar-refractivity contribution is -0.121. The van der Waals surface area contributed by atoms with Crippen LogP contribution in [0.15, 0.2) is 24.3 Å². The van der Waals surface area contributed by atoms with E-state index in [0.29, 0.717) is 18.9 Å². The molecular weight excluding hydrogens is 234 g/mol. The fraction of sp³-hybridized carbons (Fsp3) is 0.471. The molecule has 1 N–H and O–H groups in total.